The first-order valence-electron chi connectivity index (χ1n) is 4.47. The van der Waals surface area contributed by atoms with Crippen LogP contribution in [0.5, 0.6) is 5.75 Å². The molecule has 0 aromatic heterocycles. The smallest absolute Gasteiger partial charge is 0.229 e. The summed E-state index contributed by atoms with van der Waals surface area (Å²) in [5.41, 5.74) is 1.63. The molecule has 0 unspecified atom stereocenters. The summed E-state index contributed by atoms with van der Waals surface area (Å²) >= 11 is 0. The lowest BCUT2D eigenvalue weighted by atomic mass is 10.1. The van der Waals surface area contributed by atoms with E-state index in [1.807, 2.05) is 19.9 Å². The van der Waals surface area contributed by atoms with Crippen LogP contribution in [0.25, 0.3) is 0 Å². The second-order valence-corrected chi connectivity index (χ2v) is 3.01. The van der Waals surface area contributed by atoms with Gasteiger partial charge in [-0.2, -0.15) is 0 Å². The van der Waals surface area contributed by atoms with Gasteiger partial charge in [0.1, 0.15) is 5.75 Å². The van der Waals surface area contributed by atoms with Crippen molar-refractivity contribution in [2.24, 2.45) is 0 Å². The van der Waals surface area contributed by atoms with E-state index in [1.165, 1.54) is 0 Å². The Hall–Kier alpha value is -1.58. The Bertz CT molecular complexity index is 336. The molecule has 0 radical (unpaired) electrons. The van der Waals surface area contributed by atoms with Gasteiger partial charge in [-0.15, -0.1) is 0 Å². The van der Waals surface area contributed by atoms with Crippen LogP contribution in [-0.4, -0.2) is 11.5 Å². The molecule has 0 N–H and O–H groups in total. The predicted molar refractivity (Wildman–Crippen MR) is 53.0 cm³/mol. The van der Waals surface area contributed by atoms with Gasteiger partial charge in [0.2, 0.25) is 6.54 Å². The van der Waals surface area contributed by atoms with Crippen LogP contribution in [-0.2, 0) is 6.54 Å². The topological polar surface area (TPSA) is 52.4 Å². The van der Waals surface area contributed by atoms with Crippen molar-refractivity contribution in [3.63, 3.8) is 0 Å². The van der Waals surface area contributed by atoms with E-state index in [0.717, 1.165) is 16.9 Å². The van der Waals surface area contributed by atoms with E-state index in [1.54, 1.807) is 12.1 Å². The van der Waals surface area contributed by atoms with E-state index in [4.69, 9.17) is 4.74 Å². The molecule has 0 amide bonds. The number of rotatable bonds is 4. The summed E-state index contributed by atoms with van der Waals surface area (Å²) in [5.74, 6) is 0.761. The summed E-state index contributed by atoms with van der Waals surface area (Å²) in [4.78, 5) is 9.98. The van der Waals surface area contributed by atoms with Crippen molar-refractivity contribution >= 4 is 0 Å². The van der Waals surface area contributed by atoms with Gasteiger partial charge in [-0.25, -0.2) is 0 Å². The van der Waals surface area contributed by atoms with Crippen LogP contribution >= 0.6 is 0 Å². The van der Waals surface area contributed by atoms with Crippen LogP contribution in [0.3, 0.4) is 0 Å². The maximum absolute atomic E-state index is 10.3. The zero-order valence-electron chi connectivity index (χ0n) is 8.32. The van der Waals surface area contributed by atoms with Crippen molar-refractivity contribution in [3.05, 3.63) is 39.4 Å². The summed E-state index contributed by atoms with van der Waals surface area (Å²) in [6.45, 7) is 4.23. The van der Waals surface area contributed by atoms with Crippen molar-refractivity contribution in [1.82, 2.24) is 0 Å². The fourth-order valence-electron chi connectivity index (χ4n) is 1.24. The number of nitro groups is 1. The zero-order chi connectivity index (χ0) is 10.6. The van der Waals surface area contributed by atoms with Crippen molar-refractivity contribution in [3.8, 4) is 5.75 Å². The summed E-state index contributed by atoms with van der Waals surface area (Å²) in [6, 6.07) is 5.32. The quantitative estimate of drug-likeness (QED) is 0.546. The average molecular weight is 195 g/mol. The molecule has 0 aliphatic heterocycles. The van der Waals surface area contributed by atoms with Crippen molar-refractivity contribution in [2.45, 2.75) is 20.4 Å². The van der Waals surface area contributed by atoms with E-state index in [-0.39, 0.29) is 11.5 Å². The lowest BCUT2D eigenvalue weighted by Gasteiger charge is -2.06. The second kappa shape index (κ2) is 4.60. The predicted octanol–water partition coefficient (Wildman–Crippen LogP) is 2.17. The van der Waals surface area contributed by atoms with Gasteiger partial charge in [-0.3, -0.25) is 10.1 Å². The largest absolute Gasteiger partial charge is 0.494 e. The molecule has 0 saturated heterocycles. The van der Waals surface area contributed by atoms with Crippen molar-refractivity contribution < 1.29 is 9.66 Å². The van der Waals surface area contributed by atoms with Gasteiger partial charge in [-0.1, -0.05) is 0 Å². The summed E-state index contributed by atoms with van der Waals surface area (Å²) in [5, 5.41) is 10.3. The van der Waals surface area contributed by atoms with E-state index in [9.17, 15) is 10.1 Å². The Morgan fingerprint density at radius 3 is 2.71 bits per heavy atom. The van der Waals surface area contributed by atoms with Crippen LogP contribution in [0, 0.1) is 17.0 Å². The number of benzene rings is 1. The molecule has 0 spiro atoms. The van der Waals surface area contributed by atoms with Gasteiger partial charge in [0.05, 0.1) is 6.61 Å². The first-order chi connectivity index (χ1) is 6.63. The number of hydrogen-bond acceptors (Lipinski definition) is 3. The molecule has 14 heavy (non-hydrogen) atoms. The molecule has 4 heteroatoms. The van der Waals surface area contributed by atoms with Crippen LogP contribution in [0.2, 0.25) is 0 Å². The minimum absolute atomic E-state index is 0.127. The van der Waals surface area contributed by atoms with Gasteiger partial charge >= 0.3 is 0 Å². The first kappa shape index (κ1) is 10.5. The molecule has 0 fully saturated rings. The molecule has 1 rings (SSSR count). The maximum atomic E-state index is 10.3. The van der Waals surface area contributed by atoms with E-state index < -0.39 is 0 Å². The molecule has 1 aromatic rings. The summed E-state index contributed by atoms with van der Waals surface area (Å²) in [7, 11) is 0. The van der Waals surface area contributed by atoms with Crippen molar-refractivity contribution in [2.75, 3.05) is 6.61 Å². The first-order valence-corrected chi connectivity index (χ1v) is 4.47. The van der Waals surface area contributed by atoms with E-state index in [0.29, 0.717) is 6.61 Å². The van der Waals surface area contributed by atoms with Crippen LogP contribution in [0.4, 0.5) is 0 Å². The third-order valence-corrected chi connectivity index (χ3v) is 1.92. The molecular formula is C10H13NO3. The Morgan fingerprint density at radius 1 is 1.50 bits per heavy atom. The van der Waals surface area contributed by atoms with Gasteiger partial charge in [0.25, 0.3) is 0 Å². The number of hydrogen-bond donors (Lipinski definition) is 0. The summed E-state index contributed by atoms with van der Waals surface area (Å²) < 4.78 is 5.28. The molecule has 0 saturated carbocycles. The fraction of sp³-hybridized carbons (Fsp3) is 0.400. The molecule has 0 atom stereocenters. The van der Waals surface area contributed by atoms with Crippen LogP contribution in [0.15, 0.2) is 18.2 Å². The third-order valence-electron chi connectivity index (χ3n) is 1.92. The minimum atomic E-state index is -0.331. The monoisotopic (exact) mass is 195 g/mol. The molecule has 1 aromatic carbocycles. The number of aryl methyl sites for hydroxylation is 1. The van der Waals surface area contributed by atoms with E-state index >= 15 is 0 Å². The van der Waals surface area contributed by atoms with Crippen molar-refractivity contribution in [1.29, 1.82) is 0 Å². The Kier molecular flexibility index (Phi) is 3.45. The normalized spacial score (nSPS) is 9.86. The zero-order valence-corrected chi connectivity index (χ0v) is 8.32. The van der Waals surface area contributed by atoms with Gasteiger partial charge in [0, 0.05) is 10.5 Å². The van der Waals surface area contributed by atoms with Crippen LogP contribution < -0.4 is 4.74 Å². The Morgan fingerprint density at radius 2 is 2.21 bits per heavy atom. The standard InChI is InChI=1S/C10H13NO3/c1-3-14-10-5-4-9(7-11(12)13)8(2)6-10/h4-6H,3,7H2,1-2H3. The lowest BCUT2D eigenvalue weighted by Crippen LogP contribution is -2.01. The SMILES string of the molecule is CCOc1ccc(C[N+](=O)[O-])c(C)c1. The summed E-state index contributed by atoms with van der Waals surface area (Å²) in [6.07, 6.45) is 0. The molecular weight excluding hydrogens is 182 g/mol. The third kappa shape index (κ3) is 2.73. The molecule has 76 valence electrons. The van der Waals surface area contributed by atoms with E-state index in [2.05, 4.69) is 0 Å². The molecule has 0 heterocycles. The second-order valence-electron chi connectivity index (χ2n) is 3.01. The highest BCUT2D eigenvalue weighted by molar-refractivity contribution is 5.34. The maximum Gasteiger partial charge on any atom is 0.229 e. The highest BCUT2D eigenvalue weighted by Gasteiger charge is 2.05. The molecule has 0 bridgehead atoms. The minimum Gasteiger partial charge on any atom is -0.494 e. The highest BCUT2D eigenvalue weighted by atomic mass is 16.6. The molecule has 0 aliphatic carbocycles. The van der Waals surface area contributed by atoms with Gasteiger partial charge < -0.3 is 4.74 Å². The van der Waals surface area contributed by atoms with Gasteiger partial charge in [-0.05, 0) is 37.6 Å². The Balaban J connectivity index is 2.84. The number of nitrogens with zero attached hydrogens (tertiary/aromatic N) is 1. The highest BCUT2D eigenvalue weighted by Crippen LogP contribution is 2.17. The van der Waals surface area contributed by atoms with Gasteiger partial charge in [0.15, 0.2) is 0 Å². The fourth-order valence-corrected chi connectivity index (χ4v) is 1.24. The lowest BCUT2D eigenvalue weighted by molar-refractivity contribution is -0.496. The van der Waals surface area contributed by atoms with Crippen LogP contribution in [0.1, 0.15) is 18.1 Å². The average Bonchev–Trinajstić information content (AvgIpc) is 2.10. The molecule has 4 nitrogen and oxygen atoms in total. The molecule has 0 aliphatic rings. The number of ether oxygens (including phenoxy) is 1. The Labute approximate surface area is 82.7 Å².